The number of hydrogen-bond acceptors (Lipinski definition) is 5. The second kappa shape index (κ2) is 8.37. The molecule has 0 bridgehead atoms. The molecule has 148 valence electrons. The molecule has 2 aliphatic heterocycles. The van der Waals surface area contributed by atoms with E-state index in [4.69, 9.17) is 9.84 Å². The predicted molar refractivity (Wildman–Crippen MR) is 96.9 cm³/mol. The second-order valence-electron chi connectivity index (χ2n) is 6.88. The van der Waals surface area contributed by atoms with E-state index in [2.05, 4.69) is 0 Å². The molecular formula is C18H24N2O6S. The topological polar surface area (TPSA) is 104 Å². The van der Waals surface area contributed by atoms with Gasteiger partial charge in [-0.2, -0.15) is 4.31 Å². The molecule has 2 heterocycles. The first-order chi connectivity index (χ1) is 12.9. The van der Waals surface area contributed by atoms with Crippen molar-refractivity contribution in [3.8, 4) is 0 Å². The van der Waals surface area contributed by atoms with Gasteiger partial charge >= 0.3 is 5.97 Å². The number of carbonyl (C=O) groups excluding carboxylic acids is 1. The zero-order valence-electron chi connectivity index (χ0n) is 15.0. The average molecular weight is 396 g/mol. The molecule has 2 aliphatic rings. The van der Waals surface area contributed by atoms with Crippen molar-refractivity contribution in [3.63, 3.8) is 0 Å². The van der Waals surface area contributed by atoms with E-state index in [0.29, 0.717) is 25.4 Å². The van der Waals surface area contributed by atoms with Gasteiger partial charge in [0, 0.05) is 45.8 Å². The van der Waals surface area contributed by atoms with Crippen LogP contribution in [0.5, 0.6) is 0 Å². The standard InChI is InChI=1S/C18H24N2O6S/c21-17(6-1-14-7-12-26-13-14)19-8-10-20(11-9-19)27(24,25)16-4-2-15(3-5-16)18(22)23/h2-5,14H,1,6-13H2,(H,22,23). The van der Waals surface area contributed by atoms with Crippen LogP contribution in [-0.4, -0.2) is 74.0 Å². The maximum atomic E-state index is 12.7. The number of aromatic carboxylic acids is 1. The maximum Gasteiger partial charge on any atom is 0.335 e. The first kappa shape index (κ1) is 19.8. The van der Waals surface area contributed by atoms with E-state index in [0.717, 1.165) is 26.1 Å². The van der Waals surface area contributed by atoms with E-state index in [-0.39, 0.29) is 29.5 Å². The Morgan fingerprint density at radius 2 is 1.78 bits per heavy atom. The van der Waals surface area contributed by atoms with Crippen molar-refractivity contribution < 1.29 is 27.9 Å². The highest BCUT2D eigenvalue weighted by molar-refractivity contribution is 7.89. The van der Waals surface area contributed by atoms with Gasteiger partial charge in [0.15, 0.2) is 0 Å². The van der Waals surface area contributed by atoms with Gasteiger partial charge in [0.2, 0.25) is 15.9 Å². The van der Waals surface area contributed by atoms with Crippen molar-refractivity contribution in [3.05, 3.63) is 29.8 Å². The van der Waals surface area contributed by atoms with Gasteiger partial charge in [-0.15, -0.1) is 0 Å². The van der Waals surface area contributed by atoms with Gasteiger partial charge < -0.3 is 14.7 Å². The highest BCUT2D eigenvalue weighted by Crippen LogP contribution is 2.21. The highest BCUT2D eigenvalue weighted by atomic mass is 32.2. The quantitative estimate of drug-likeness (QED) is 0.770. The number of carboxylic acid groups (broad SMARTS) is 1. The third-order valence-electron chi connectivity index (χ3n) is 5.12. The summed E-state index contributed by atoms with van der Waals surface area (Å²) in [5.74, 6) is -0.593. The number of piperazine rings is 1. The van der Waals surface area contributed by atoms with Crippen LogP contribution < -0.4 is 0 Å². The van der Waals surface area contributed by atoms with Crippen LogP contribution in [0.15, 0.2) is 29.2 Å². The van der Waals surface area contributed by atoms with Crippen LogP contribution in [0.4, 0.5) is 0 Å². The number of carbonyl (C=O) groups is 2. The summed E-state index contributed by atoms with van der Waals surface area (Å²) in [6, 6.07) is 5.17. The zero-order valence-corrected chi connectivity index (χ0v) is 15.9. The SMILES string of the molecule is O=C(O)c1ccc(S(=O)(=O)N2CCN(C(=O)CCC3CCOC3)CC2)cc1. The molecule has 2 fully saturated rings. The van der Waals surface area contributed by atoms with E-state index >= 15 is 0 Å². The molecule has 0 saturated carbocycles. The third kappa shape index (κ3) is 4.66. The number of benzene rings is 1. The summed E-state index contributed by atoms with van der Waals surface area (Å²) in [5, 5.41) is 8.92. The zero-order chi connectivity index (χ0) is 19.4. The van der Waals surface area contributed by atoms with Crippen molar-refractivity contribution >= 4 is 21.9 Å². The number of ether oxygens (including phenoxy) is 1. The van der Waals surface area contributed by atoms with Crippen molar-refractivity contribution in [2.45, 2.75) is 24.2 Å². The van der Waals surface area contributed by atoms with Crippen LogP contribution in [0.25, 0.3) is 0 Å². The van der Waals surface area contributed by atoms with Crippen molar-refractivity contribution in [2.24, 2.45) is 5.92 Å². The minimum absolute atomic E-state index is 0.0389. The Morgan fingerprint density at radius 1 is 1.11 bits per heavy atom. The lowest BCUT2D eigenvalue weighted by atomic mass is 10.0. The fourth-order valence-electron chi connectivity index (χ4n) is 3.39. The molecule has 9 heteroatoms. The first-order valence-corrected chi connectivity index (χ1v) is 10.5. The summed E-state index contributed by atoms with van der Waals surface area (Å²) >= 11 is 0. The van der Waals surface area contributed by atoms with E-state index in [1.54, 1.807) is 4.90 Å². The molecule has 0 spiro atoms. The highest BCUT2D eigenvalue weighted by Gasteiger charge is 2.30. The fourth-order valence-corrected chi connectivity index (χ4v) is 4.82. The van der Waals surface area contributed by atoms with Crippen LogP contribution >= 0.6 is 0 Å². The summed E-state index contributed by atoms with van der Waals surface area (Å²) in [6.45, 7) is 2.70. The molecular weight excluding hydrogens is 372 g/mol. The number of hydrogen-bond donors (Lipinski definition) is 1. The smallest absolute Gasteiger partial charge is 0.335 e. The van der Waals surface area contributed by atoms with Gasteiger partial charge in [0.1, 0.15) is 0 Å². The van der Waals surface area contributed by atoms with E-state index in [1.165, 1.54) is 28.6 Å². The molecule has 1 unspecified atom stereocenters. The van der Waals surface area contributed by atoms with E-state index in [1.807, 2.05) is 0 Å². The van der Waals surface area contributed by atoms with Gasteiger partial charge in [-0.25, -0.2) is 13.2 Å². The molecule has 8 nitrogen and oxygen atoms in total. The summed E-state index contributed by atoms with van der Waals surface area (Å²) in [7, 11) is -3.69. The van der Waals surface area contributed by atoms with E-state index in [9.17, 15) is 18.0 Å². The van der Waals surface area contributed by atoms with Crippen LogP contribution in [0.3, 0.4) is 0 Å². The molecule has 1 aromatic carbocycles. The predicted octanol–water partition coefficient (Wildman–Crippen LogP) is 1.03. The summed E-state index contributed by atoms with van der Waals surface area (Å²) in [6.07, 6.45) is 2.28. The number of carboxylic acids is 1. The van der Waals surface area contributed by atoms with Crippen molar-refractivity contribution in [2.75, 3.05) is 39.4 Å². The van der Waals surface area contributed by atoms with Gasteiger partial charge in [-0.3, -0.25) is 4.79 Å². The normalized spacial score (nSPS) is 21.3. The number of rotatable bonds is 6. The molecule has 27 heavy (non-hydrogen) atoms. The third-order valence-corrected chi connectivity index (χ3v) is 7.03. The maximum absolute atomic E-state index is 12.7. The van der Waals surface area contributed by atoms with Crippen LogP contribution in [-0.2, 0) is 19.6 Å². The molecule has 0 radical (unpaired) electrons. The Morgan fingerprint density at radius 3 is 2.33 bits per heavy atom. The fraction of sp³-hybridized carbons (Fsp3) is 0.556. The van der Waals surface area contributed by atoms with E-state index < -0.39 is 16.0 Å². The van der Waals surface area contributed by atoms with Crippen molar-refractivity contribution in [1.29, 1.82) is 0 Å². The Bertz CT molecular complexity index is 779. The monoisotopic (exact) mass is 396 g/mol. The molecule has 1 atom stereocenters. The first-order valence-electron chi connectivity index (χ1n) is 9.07. The second-order valence-corrected chi connectivity index (χ2v) is 8.82. The number of amides is 1. The van der Waals surface area contributed by atoms with Crippen LogP contribution in [0.2, 0.25) is 0 Å². The lowest BCUT2D eigenvalue weighted by Crippen LogP contribution is -2.50. The lowest BCUT2D eigenvalue weighted by molar-refractivity contribution is -0.132. The number of sulfonamides is 1. The molecule has 1 aromatic rings. The summed E-state index contributed by atoms with van der Waals surface area (Å²) in [5.41, 5.74) is 0.0389. The lowest BCUT2D eigenvalue weighted by Gasteiger charge is -2.34. The molecule has 1 N–H and O–H groups in total. The summed E-state index contributed by atoms with van der Waals surface area (Å²) < 4.78 is 32.1. The Kier molecular flexibility index (Phi) is 6.13. The Balaban J connectivity index is 1.54. The molecule has 3 rings (SSSR count). The number of nitrogens with zero attached hydrogens (tertiary/aromatic N) is 2. The minimum Gasteiger partial charge on any atom is -0.478 e. The largest absolute Gasteiger partial charge is 0.478 e. The van der Waals surface area contributed by atoms with Gasteiger partial charge in [-0.1, -0.05) is 0 Å². The molecule has 2 saturated heterocycles. The van der Waals surface area contributed by atoms with Gasteiger partial charge in [0.25, 0.3) is 0 Å². The van der Waals surface area contributed by atoms with Crippen molar-refractivity contribution in [1.82, 2.24) is 9.21 Å². The summed E-state index contributed by atoms with van der Waals surface area (Å²) in [4.78, 5) is 25.0. The van der Waals surface area contributed by atoms with Gasteiger partial charge in [-0.05, 0) is 43.0 Å². The molecule has 1 amide bonds. The molecule has 0 aromatic heterocycles. The van der Waals surface area contributed by atoms with Crippen LogP contribution in [0, 0.1) is 5.92 Å². The average Bonchev–Trinajstić information content (AvgIpc) is 3.20. The van der Waals surface area contributed by atoms with Crippen LogP contribution in [0.1, 0.15) is 29.6 Å². The minimum atomic E-state index is -3.69. The van der Waals surface area contributed by atoms with Gasteiger partial charge in [0.05, 0.1) is 10.5 Å². The molecule has 0 aliphatic carbocycles. The Hall–Kier alpha value is -1.97. The Labute approximate surface area is 158 Å².